The van der Waals surface area contributed by atoms with E-state index in [0.717, 1.165) is 28.3 Å². The van der Waals surface area contributed by atoms with Crippen LogP contribution < -0.4 is 10.1 Å². The number of methoxy groups -OCH3 is 1. The molecular formula is C22H22N4O3. The Bertz CT molecular complexity index is 997. The molecule has 148 valence electrons. The summed E-state index contributed by atoms with van der Waals surface area (Å²) in [4.78, 5) is 17.8. The van der Waals surface area contributed by atoms with Gasteiger partial charge in [-0.2, -0.15) is 5.10 Å². The van der Waals surface area contributed by atoms with Crippen LogP contribution in [0.4, 0.5) is 0 Å². The third-order valence-corrected chi connectivity index (χ3v) is 4.74. The second-order valence-corrected chi connectivity index (χ2v) is 6.82. The number of amides is 1. The second kappa shape index (κ2) is 8.60. The zero-order valence-electron chi connectivity index (χ0n) is 16.1. The van der Waals surface area contributed by atoms with E-state index in [1.54, 1.807) is 18.0 Å². The number of rotatable bonds is 7. The number of oxime groups is 1. The molecule has 4 rings (SSSR count). The molecule has 1 amide bonds. The van der Waals surface area contributed by atoms with E-state index in [0.29, 0.717) is 19.4 Å². The summed E-state index contributed by atoms with van der Waals surface area (Å²) >= 11 is 0. The van der Waals surface area contributed by atoms with Crippen LogP contribution in [0.1, 0.15) is 17.5 Å². The summed E-state index contributed by atoms with van der Waals surface area (Å²) in [5, 5.41) is 11.2. The Morgan fingerprint density at radius 1 is 1.21 bits per heavy atom. The van der Waals surface area contributed by atoms with E-state index in [-0.39, 0.29) is 5.91 Å². The van der Waals surface area contributed by atoms with Gasteiger partial charge in [0.15, 0.2) is 0 Å². The minimum Gasteiger partial charge on any atom is -0.497 e. The molecule has 0 fully saturated rings. The highest BCUT2D eigenvalue weighted by Crippen LogP contribution is 2.18. The highest BCUT2D eigenvalue weighted by molar-refractivity contribution is 5.93. The van der Waals surface area contributed by atoms with Gasteiger partial charge in [0, 0.05) is 31.8 Å². The Hall–Kier alpha value is -3.61. The van der Waals surface area contributed by atoms with Crippen LogP contribution >= 0.6 is 0 Å². The molecule has 1 atom stereocenters. The zero-order valence-corrected chi connectivity index (χ0v) is 16.1. The van der Waals surface area contributed by atoms with E-state index >= 15 is 0 Å². The van der Waals surface area contributed by atoms with Gasteiger partial charge in [0.05, 0.1) is 18.5 Å². The summed E-state index contributed by atoms with van der Waals surface area (Å²) in [6.45, 7) is 0.434. The van der Waals surface area contributed by atoms with Crippen LogP contribution in [0, 0.1) is 0 Å². The number of carbonyl (C=O) groups excluding carboxylic acids is 1. The molecule has 2 aromatic carbocycles. The highest BCUT2D eigenvalue weighted by atomic mass is 16.6. The van der Waals surface area contributed by atoms with Gasteiger partial charge in [-0.3, -0.25) is 4.79 Å². The van der Waals surface area contributed by atoms with Gasteiger partial charge in [0.1, 0.15) is 5.75 Å². The Balaban J connectivity index is 1.26. The molecule has 0 aliphatic carbocycles. The Kier molecular flexibility index (Phi) is 5.56. The highest BCUT2D eigenvalue weighted by Gasteiger charge is 2.27. The number of benzene rings is 2. The van der Waals surface area contributed by atoms with E-state index in [1.807, 2.05) is 60.8 Å². The molecule has 0 bridgehead atoms. The van der Waals surface area contributed by atoms with Crippen LogP contribution in [0.15, 0.2) is 72.1 Å². The fourth-order valence-electron chi connectivity index (χ4n) is 3.18. The van der Waals surface area contributed by atoms with Crippen LogP contribution in [0.2, 0.25) is 0 Å². The van der Waals surface area contributed by atoms with Crippen molar-refractivity contribution in [1.82, 2.24) is 15.1 Å². The van der Waals surface area contributed by atoms with E-state index in [2.05, 4.69) is 15.6 Å². The first-order chi connectivity index (χ1) is 14.2. The number of aromatic nitrogens is 2. The lowest BCUT2D eigenvalue weighted by Gasteiger charge is -2.10. The fraction of sp³-hybridized carbons (Fsp3) is 0.227. The van der Waals surface area contributed by atoms with Crippen molar-refractivity contribution in [1.29, 1.82) is 0 Å². The first-order valence-electron chi connectivity index (χ1n) is 9.42. The Morgan fingerprint density at radius 2 is 2.07 bits per heavy atom. The largest absolute Gasteiger partial charge is 0.497 e. The normalized spacial score (nSPS) is 15.5. The van der Waals surface area contributed by atoms with Gasteiger partial charge in [0.2, 0.25) is 6.10 Å². The maximum Gasteiger partial charge on any atom is 0.264 e. The minimum atomic E-state index is -0.584. The van der Waals surface area contributed by atoms with Crippen LogP contribution in [-0.2, 0) is 22.6 Å². The van der Waals surface area contributed by atoms with Crippen LogP contribution in [0.5, 0.6) is 5.75 Å². The van der Waals surface area contributed by atoms with Crippen molar-refractivity contribution in [2.45, 2.75) is 25.5 Å². The number of hydrogen-bond acceptors (Lipinski definition) is 5. The fourth-order valence-corrected chi connectivity index (χ4v) is 3.18. The Labute approximate surface area is 168 Å². The molecule has 0 spiro atoms. The predicted molar refractivity (Wildman–Crippen MR) is 109 cm³/mol. The third-order valence-electron chi connectivity index (χ3n) is 4.74. The van der Waals surface area contributed by atoms with Crippen molar-refractivity contribution in [3.63, 3.8) is 0 Å². The standard InChI is InChI=1S/C22H22N4O3/c1-28-20-5-2-4-17(13-20)12-18-14-21(29-25-18)22(27)23-15-16-6-8-19(9-7-16)26-11-3-10-24-26/h2-11,13,21H,12,14-15H2,1H3,(H,23,27)/t21-/m1/s1. The number of hydrogen-bond donors (Lipinski definition) is 1. The molecule has 1 aromatic heterocycles. The van der Waals surface area contributed by atoms with Crippen LogP contribution in [0.25, 0.3) is 5.69 Å². The molecule has 0 unspecified atom stereocenters. The quantitative estimate of drug-likeness (QED) is 0.673. The van der Waals surface area contributed by atoms with Gasteiger partial charge in [-0.1, -0.05) is 29.4 Å². The van der Waals surface area contributed by atoms with E-state index in [1.165, 1.54) is 0 Å². The number of nitrogens with one attached hydrogen (secondary N) is 1. The SMILES string of the molecule is COc1cccc(CC2=NO[C@@H](C(=O)NCc3ccc(-n4cccn4)cc3)C2)c1. The maximum absolute atomic E-state index is 12.4. The van der Waals surface area contributed by atoms with Crippen molar-refractivity contribution in [3.05, 3.63) is 78.1 Å². The molecule has 7 nitrogen and oxygen atoms in total. The van der Waals surface area contributed by atoms with Crippen molar-refractivity contribution in [2.24, 2.45) is 5.16 Å². The molecular weight excluding hydrogens is 368 g/mol. The topological polar surface area (TPSA) is 77.7 Å². The minimum absolute atomic E-state index is 0.162. The van der Waals surface area contributed by atoms with Gasteiger partial charge in [0.25, 0.3) is 5.91 Å². The van der Waals surface area contributed by atoms with E-state index < -0.39 is 6.10 Å². The van der Waals surface area contributed by atoms with E-state index in [4.69, 9.17) is 9.57 Å². The summed E-state index contributed by atoms with van der Waals surface area (Å²) in [5.41, 5.74) is 3.90. The first kappa shape index (κ1) is 18.7. The summed E-state index contributed by atoms with van der Waals surface area (Å²) in [7, 11) is 1.64. The lowest BCUT2D eigenvalue weighted by Crippen LogP contribution is -2.34. The molecule has 1 aliphatic rings. The molecule has 0 saturated carbocycles. The molecule has 3 aromatic rings. The van der Waals surface area contributed by atoms with Gasteiger partial charge in [-0.15, -0.1) is 0 Å². The Morgan fingerprint density at radius 3 is 2.83 bits per heavy atom. The first-order valence-corrected chi connectivity index (χ1v) is 9.42. The van der Waals surface area contributed by atoms with Crippen molar-refractivity contribution in [3.8, 4) is 11.4 Å². The zero-order chi connectivity index (χ0) is 20.1. The van der Waals surface area contributed by atoms with Gasteiger partial charge >= 0.3 is 0 Å². The lowest BCUT2D eigenvalue weighted by atomic mass is 10.0. The summed E-state index contributed by atoms with van der Waals surface area (Å²) in [6, 6.07) is 17.6. The molecule has 1 N–H and O–H groups in total. The average Bonchev–Trinajstić information content (AvgIpc) is 3.45. The predicted octanol–water partition coefficient (Wildman–Crippen LogP) is 2.88. The molecule has 0 radical (unpaired) electrons. The molecule has 0 saturated heterocycles. The van der Waals surface area contributed by atoms with E-state index in [9.17, 15) is 4.79 Å². The molecule has 2 heterocycles. The van der Waals surface area contributed by atoms with Crippen LogP contribution in [0.3, 0.4) is 0 Å². The monoisotopic (exact) mass is 390 g/mol. The van der Waals surface area contributed by atoms with Gasteiger partial charge in [-0.25, -0.2) is 4.68 Å². The molecule has 1 aliphatic heterocycles. The summed E-state index contributed by atoms with van der Waals surface area (Å²) in [5.74, 6) is 0.639. The van der Waals surface area contributed by atoms with Gasteiger partial charge in [-0.05, 0) is 41.5 Å². The second-order valence-electron chi connectivity index (χ2n) is 6.82. The molecule has 29 heavy (non-hydrogen) atoms. The number of carbonyl (C=O) groups is 1. The maximum atomic E-state index is 12.4. The van der Waals surface area contributed by atoms with Crippen molar-refractivity contribution < 1.29 is 14.4 Å². The smallest absolute Gasteiger partial charge is 0.264 e. The summed E-state index contributed by atoms with van der Waals surface area (Å²) in [6.07, 6.45) is 4.16. The van der Waals surface area contributed by atoms with Crippen molar-refractivity contribution >= 4 is 11.6 Å². The van der Waals surface area contributed by atoms with Gasteiger partial charge < -0.3 is 14.9 Å². The average molecular weight is 390 g/mol. The van der Waals surface area contributed by atoms with Crippen molar-refractivity contribution in [2.75, 3.05) is 7.11 Å². The summed E-state index contributed by atoms with van der Waals surface area (Å²) < 4.78 is 7.03. The number of nitrogens with zero attached hydrogens (tertiary/aromatic N) is 3. The lowest BCUT2D eigenvalue weighted by molar-refractivity contribution is -0.131. The van der Waals surface area contributed by atoms with Crippen LogP contribution in [-0.4, -0.2) is 34.6 Å². The third kappa shape index (κ3) is 4.63. The molecule has 7 heteroatoms. The number of ether oxygens (including phenoxy) is 1.